The molecule has 0 heterocycles. The lowest BCUT2D eigenvalue weighted by Crippen LogP contribution is -2.36. The van der Waals surface area contributed by atoms with Crippen LogP contribution in [-0.2, 0) is 14.8 Å². The number of carboxylic acid groups (broad SMARTS) is 1. The van der Waals surface area contributed by atoms with Crippen LogP contribution in [0.25, 0.3) is 0 Å². The fraction of sp³-hybridized carbons (Fsp3) is 0.833. The predicted octanol–water partition coefficient (Wildman–Crippen LogP) is -0.211. The quantitative estimate of drug-likeness (QED) is 0.635. The summed E-state index contributed by atoms with van der Waals surface area (Å²) < 4.78 is 24.1. The fourth-order valence-electron chi connectivity index (χ4n) is 0.594. The Kier molecular flexibility index (Phi) is 4.19. The number of sulfonamides is 1. The fourth-order valence-corrected chi connectivity index (χ4v) is 1.78. The maximum Gasteiger partial charge on any atom is 0.320 e. The number of aliphatic carboxylic acids is 1. The van der Waals surface area contributed by atoms with Gasteiger partial charge in [-0.25, -0.2) is 13.1 Å². The first-order chi connectivity index (χ1) is 5.37. The molecule has 0 aromatic heterocycles. The number of carboxylic acids is 1. The highest BCUT2D eigenvalue weighted by atomic mass is 32.2. The summed E-state index contributed by atoms with van der Waals surface area (Å²) in [5, 5.41) is 8.22. The zero-order chi connectivity index (χ0) is 9.78. The van der Waals surface area contributed by atoms with Gasteiger partial charge in [-0.2, -0.15) is 0 Å². The van der Waals surface area contributed by atoms with Crippen molar-refractivity contribution in [2.75, 3.05) is 5.75 Å². The minimum atomic E-state index is -3.64. The van der Waals surface area contributed by atoms with Crippen molar-refractivity contribution < 1.29 is 18.3 Å². The Labute approximate surface area is 71.8 Å². The predicted molar refractivity (Wildman–Crippen MR) is 44.3 cm³/mol. The van der Waals surface area contributed by atoms with Crippen molar-refractivity contribution in [3.8, 4) is 0 Å². The maximum absolute atomic E-state index is 10.9. The van der Waals surface area contributed by atoms with Gasteiger partial charge in [0.1, 0.15) is 0 Å². The van der Waals surface area contributed by atoms with Crippen LogP contribution in [0, 0.1) is 0 Å². The molecule has 2 N–H and O–H groups in total. The molecule has 0 aliphatic carbocycles. The summed E-state index contributed by atoms with van der Waals surface area (Å²) in [4.78, 5) is 10.1. The molecule has 6 heteroatoms. The first-order valence-electron chi connectivity index (χ1n) is 3.59. The molecule has 0 rings (SSSR count). The van der Waals surface area contributed by atoms with E-state index in [1.165, 1.54) is 0 Å². The smallest absolute Gasteiger partial charge is 0.320 e. The summed E-state index contributed by atoms with van der Waals surface area (Å²) in [7, 11) is -3.64. The molecule has 0 spiro atoms. The monoisotopic (exact) mass is 195 g/mol. The second-order valence-corrected chi connectivity index (χ2v) is 4.33. The Hall–Kier alpha value is -0.620. The van der Waals surface area contributed by atoms with Gasteiger partial charge in [0, 0.05) is 6.04 Å². The molecule has 72 valence electrons. The highest BCUT2D eigenvalue weighted by molar-refractivity contribution is 7.90. The maximum atomic E-state index is 10.9. The molecule has 0 aliphatic rings. The minimum Gasteiger partial charge on any atom is -0.480 e. The molecule has 0 amide bonds. The van der Waals surface area contributed by atoms with E-state index in [9.17, 15) is 13.2 Å². The summed E-state index contributed by atoms with van der Waals surface area (Å²) >= 11 is 0. The van der Waals surface area contributed by atoms with E-state index in [4.69, 9.17) is 5.11 Å². The molecule has 0 saturated heterocycles. The SMILES string of the molecule is CCC(C)NS(=O)(=O)CC(=O)O. The van der Waals surface area contributed by atoms with Crippen molar-refractivity contribution >= 4 is 16.0 Å². The topological polar surface area (TPSA) is 83.5 Å². The van der Waals surface area contributed by atoms with Gasteiger partial charge in [0.25, 0.3) is 0 Å². The molecular weight excluding hydrogens is 182 g/mol. The molecule has 0 aromatic rings. The minimum absolute atomic E-state index is 0.214. The lowest BCUT2D eigenvalue weighted by Gasteiger charge is -2.09. The molecule has 0 bridgehead atoms. The molecule has 0 aromatic carbocycles. The summed E-state index contributed by atoms with van der Waals surface area (Å²) in [6.07, 6.45) is 0.638. The third-order valence-electron chi connectivity index (χ3n) is 1.31. The molecule has 0 fully saturated rings. The van der Waals surface area contributed by atoms with Gasteiger partial charge >= 0.3 is 5.97 Å². The van der Waals surface area contributed by atoms with Crippen molar-refractivity contribution in [3.63, 3.8) is 0 Å². The molecule has 0 aliphatic heterocycles. The Morgan fingerprint density at radius 1 is 1.58 bits per heavy atom. The molecule has 5 nitrogen and oxygen atoms in total. The van der Waals surface area contributed by atoms with Gasteiger partial charge in [-0.05, 0) is 13.3 Å². The molecule has 1 unspecified atom stereocenters. The van der Waals surface area contributed by atoms with Crippen molar-refractivity contribution in [1.29, 1.82) is 0 Å². The van der Waals surface area contributed by atoms with E-state index in [1.54, 1.807) is 6.92 Å². The van der Waals surface area contributed by atoms with E-state index >= 15 is 0 Å². The van der Waals surface area contributed by atoms with Gasteiger partial charge in [-0.1, -0.05) is 6.92 Å². The number of rotatable bonds is 5. The molecule has 12 heavy (non-hydrogen) atoms. The van der Waals surface area contributed by atoms with E-state index in [0.29, 0.717) is 6.42 Å². The van der Waals surface area contributed by atoms with Crippen molar-refractivity contribution in [2.45, 2.75) is 26.3 Å². The number of carbonyl (C=O) groups is 1. The lowest BCUT2D eigenvalue weighted by atomic mass is 10.3. The van der Waals surface area contributed by atoms with Crippen molar-refractivity contribution in [2.24, 2.45) is 0 Å². The van der Waals surface area contributed by atoms with Gasteiger partial charge < -0.3 is 5.11 Å². The summed E-state index contributed by atoms with van der Waals surface area (Å²) in [5.41, 5.74) is 0. The van der Waals surface area contributed by atoms with Crippen LogP contribution in [0.2, 0.25) is 0 Å². The van der Waals surface area contributed by atoms with Gasteiger partial charge in [-0.3, -0.25) is 4.79 Å². The second kappa shape index (κ2) is 4.42. The first kappa shape index (κ1) is 11.4. The van der Waals surface area contributed by atoms with Crippen LogP contribution in [-0.4, -0.2) is 31.3 Å². The lowest BCUT2D eigenvalue weighted by molar-refractivity contribution is -0.134. The van der Waals surface area contributed by atoms with E-state index in [0.717, 1.165) is 0 Å². The van der Waals surface area contributed by atoms with Crippen LogP contribution >= 0.6 is 0 Å². The summed E-state index contributed by atoms with van der Waals surface area (Å²) in [5.74, 6) is -2.21. The summed E-state index contributed by atoms with van der Waals surface area (Å²) in [6, 6.07) is -0.214. The van der Waals surface area contributed by atoms with Gasteiger partial charge in [0.2, 0.25) is 10.0 Å². The van der Waals surface area contributed by atoms with Crippen molar-refractivity contribution in [1.82, 2.24) is 4.72 Å². The zero-order valence-electron chi connectivity index (χ0n) is 7.07. The van der Waals surface area contributed by atoms with Crippen LogP contribution in [0.3, 0.4) is 0 Å². The van der Waals surface area contributed by atoms with Gasteiger partial charge in [-0.15, -0.1) is 0 Å². The highest BCUT2D eigenvalue weighted by Crippen LogP contribution is 1.92. The van der Waals surface area contributed by atoms with Crippen LogP contribution in [0.15, 0.2) is 0 Å². The van der Waals surface area contributed by atoms with E-state index in [1.807, 2.05) is 6.92 Å². The number of nitrogens with one attached hydrogen (secondary N) is 1. The summed E-state index contributed by atoms with van der Waals surface area (Å²) in [6.45, 7) is 3.49. The average molecular weight is 195 g/mol. The van der Waals surface area contributed by atoms with E-state index in [2.05, 4.69) is 4.72 Å². The standard InChI is InChI=1S/C6H13NO4S/c1-3-5(2)7-12(10,11)4-6(8)9/h5,7H,3-4H2,1-2H3,(H,8,9). The largest absolute Gasteiger partial charge is 0.480 e. The van der Waals surface area contributed by atoms with E-state index < -0.39 is 21.7 Å². The Morgan fingerprint density at radius 2 is 2.08 bits per heavy atom. The number of hydrogen-bond acceptors (Lipinski definition) is 3. The van der Waals surface area contributed by atoms with Gasteiger partial charge in [0.15, 0.2) is 5.75 Å². The van der Waals surface area contributed by atoms with Crippen LogP contribution in [0.4, 0.5) is 0 Å². The molecule has 0 radical (unpaired) electrons. The highest BCUT2D eigenvalue weighted by Gasteiger charge is 2.16. The molecule has 1 atom stereocenters. The second-order valence-electron chi connectivity index (χ2n) is 2.58. The molecule has 0 saturated carbocycles. The Morgan fingerprint density at radius 3 is 2.42 bits per heavy atom. The molecular formula is C6H13NO4S. The van der Waals surface area contributed by atoms with Crippen LogP contribution in [0.5, 0.6) is 0 Å². The third-order valence-corrected chi connectivity index (χ3v) is 2.70. The zero-order valence-corrected chi connectivity index (χ0v) is 7.89. The Balaban J connectivity index is 4.15. The van der Waals surface area contributed by atoms with E-state index in [-0.39, 0.29) is 6.04 Å². The normalized spacial score (nSPS) is 14.2. The Bertz CT molecular complexity index is 246. The van der Waals surface area contributed by atoms with Crippen LogP contribution in [0.1, 0.15) is 20.3 Å². The van der Waals surface area contributed by atoms with Gasteiger partial charge in [0.05, 0.1) is 0 Å². The van der Waals surface area contributed by atoms with Crippen molar-refractivity contribution in [3.05, 3.63) is 0 Å². The number of hydrogen-bond donors (Lipinski definition) is 2. The average Bonchev–Trinajstić information content (AvgIpc) is 1.83. The van der Waals surface area contributed by atoms with Crippen LogP contribution < -0.4 is 4.72 Å². The first-order valence-corrected chi connectivity index (χ1v) is 5.24. The third kappa shape index (κ3) is 5.09.